The van der Waals surface area contributed by atoms with E-state index in [0.29, 0.717) is 15.5 Å². The molecule has 0 fully saturated rings. The molecule has 266 valence electrons. The average Bonchev–Trinajstić information content (AvgIpc) is 3.50. The summed E-state index contributed by atoms with van der Waals surface area (Å²) in [5, 5.41) is 3.23. The van der Waals surface area contributed by atoms with Gasteiger partial charge in [-0.1, -0.05) is 130 Å². The van der Waals surface area contributed by atoms with Crippen LogP contribution in [0, 0.1) is 0 Å². The van der Waals surface area contributed by atoms with Crippen molar-refractivity contribution in [2.75, 3.05) is 0 Å². The fraction of sp³-hybridized carbons (Fsp3) is 0.568. The van der Waals surface area contributed by atoms with Crippen LogP contribution in [0.2, 0.25) is 118 Å². The first-order chi connectivity index (χ1) is 20.4. The molecule has 2 N–H and O–H groups in total. The predicted molar refractivity (Wildman–Crippen MR) is 228 cm³/mol. The molecule has 3 aromatic carbocycles. The first-order valence-electron chi connectivity index (χ1n) is 17.4. The van der Waals surface area contributed by atoms with Crippen LogP contribution in [0.25, 0.3) is 0 Å². The number of rotatable bonds is 11. The van der Waals surface area contributed by atoms with E-state index < -0.39 is 57.0 Å². The van der Waals surface area contributed by atoms with E-state index in [1.165, 1.54) is 16.7 Å². The summed E-state index contributed by atoms with van der Waals surface area (Å²) in [5.41, 5.74) is 4.22. The van der Waals surface area contributed by atoms with E-state index in [-0.39, 0.29) is 17.1 Å². The molecule has 0 spiro atoms. The Kier molecular flexibility index (Phi) is 14.9. The minimum atomic E-state index is -3.97. The van der Waals surface area contributed by atoms with Gasteiger partial charge >= 0.3 is 25.6 Å². The van der Waals surface area contributed by atoms with Gasteiger partial charge in [0.2, 0.25) is 0 Å². The summed E-state index contributed by atoms with van der Waals surface area (Å²) >= 11 is 0. The molecule has 0 bridgehead atoms. The average molecular weight is 799 g/mol. The minimum absolute atomic E-state index is 0. The molecule has 10 heteroatoms. The smallest absolute Gasteiger partial charge is 0.412 e. The van der Waals surface area contributed by atoms with Gasteiger partial charge in [0.25, 0.3) is 0 Å². The molecule has 47 heavy (non-hydrogen) atoms. The molecule has 0 aliphatic rings. The van der Waals surface area contributed by atoms with Gasteiger partial charge in [-0.2, -0.15) is 30.3 Å². The van der Waals surface area contributed by atoms with E-state index in [2.05, 4.69) is 130 Å². The van der Waals surface area contributed by atoms with Crippen molar-refractivity contribution in [3.63, 3.8) is 0 Å². The maximum absolute atomic E-state index is 12.6. The molecular weight excluding hydrogens is 729 g/mol. The predicted octanol–water partition coefficient (Wildman–Crippen LogP) is 9.86. The molecule has 3 rings (SSSR count). The van der Waals surface area contributed by atoms with Crippen LogP contribution >= 0.6 is 0 Å². The zero-order valence-electron chi connectivity index (χ0n) is 33.3. The largest absolute Gasteiger partial charge is 2.00 e. The Labute approximate surface area is 308 Å². The molecule has 3 aromatic rings. The molecule has 0 aliphatic carbocycles. The molecule has 0 amide bonds. The Balaban J connectivity index is 0.00000167. The monoisotopic (exact) mass is 798 g/mol. The molecule has 2 nitrogen and oxygen atoms in total. The van der Waals surface area contributed by atoms with Gasteiger partial charge in [-0.25, -0.2) is 24.3 Å². The van der Waals surface area contributed by atoms with Crippen molar-refractivity contribution in [2.45, 2.75) is 133 Å². The summed E-state index contributed by atoms with van der Waals surface area (Å²) in [7, 11) is -14.1. The van der Waals surface area contributed by atoms with E-state index >= 15 is 0 Å². The number of hydrogen-bond acceptors (Lipinski definition) is 2. The molecule has 0 atom stereocenters. The zero-order chi connectivity index (χ0) is 35.9. The van der Waals surface area contributed by atoms with E-state index in [0.717, 1.165) is 10.4 Å². The standard InChI is InChI=1S/C32H65O2Si7.C5H5.Fe/c1-35(2,3)30(36(4,5)6)25-23-27(31(37(7,8)9)38(10,11)12)29(41(33,34)26-21-19-20-22-26)28(24-25)32(39(13,14)15)40(16,17)18;1-2-4-5-3-1;/h19-24,30-34H,1-18H3;1-5H;/q2*-1;+2. The van der Waals surface area contributed by atoms with Gasteiger partial charge in [-0.05, 0) is 37.4 Å². The van der Waals surface area contributed by atoms with Crippen molar-refractivity contribution in [1.29, 1.82) is 0 Å². The summed E-state index contributed by atoms with van der Waals surface area (Å²) < 4.78 is 0. The molecule has 0 heterocycles. The summed E-state index contributed by atoms with van der Waals surface area (Å²) in [6, 6.07) is 23.0. The van der Waals surface area contributed by atoms with E-state index in [9.17, 15) is 9.59 Å². The van der Waals surface area contributed by atoms with Crippen molar-refractivity contribution in [1.82, 2.24) is 0 Å². The topological polar surface area (TPSA) is 40.5 Å². The van der Waals surface area contributed by atoms with Crippen molar-refractivity contribution < 1.29 is 26.7 Å². The fourth-order valence-electron chi connectivity index (χ4n) is 9.57. The Morgan fingerprint density at radius 2 is 0.787 bits per heavy atom. The third-order valence-corrected chi connectivity index (χ3v) is 39.6. The number of benzene rings is 1. The summed E-state index contributed by atoms with van der Waals surface area (Å²) in [6.45, 7) is 45.7. The summed E-state index contributed by atoms with van der Waals surface area (Å²) in [6.07, 6.45) is 0. The first kappa shape index (κ1) is 44.9. The normalized spacial score (nSPS) is 13.9. The Bertz CT molecular complexity index is 1260. The second kappa shape index (κ2) is 15.6. The maximum atomic E-state index is 12.6. The quantitative estimate of drug-likeness (QED) is 0.150. The van der Waals surface area contributed by atoms with Crippen molar-refractivity contribution in [3.05, 3.63) is 83.4 Å². The van der Waals surface area contributed by atoms with Crippen molar-refractivity contribution in [3.8, 4) is 0 Å². The summed E-state index contributed by atoms with van der Waals surface area (Å²) in [4.78, 5) is 25.2. The van der Waals surface area contributed by atoms with Crippen LogP contribution in [0.5, 0.6) is 0 Å². The van der Waals surface area contributed by atoms with Gasteiger partial charge in [0.1, 0.15) is 0 Å². The van der Waals surface area contributed by atoms with Gasteiger partial charge in [0, 0.05) is 48.4 Å². The third-order valence-electron chi connectivity index (χ3n) is 9.34. The van der Waals surface area contributed by atoms with E-state index in [4.69, 9.17) is 0 Å². The molecule has 0 saturated heterocycles. The van der Waals surface area contributed by atoms with E-state index in [1.54, 1.807) is 0 Å². The van der Waals surface area contributed by atoms with Gasteiger partial charge < -0.3 is 9.59 Å². The molecule has 0 saturated carbocycles. The Hall–Kier alpha value is -0.122. The number of hydrogen-bond donors (Lipinski definition) is 2. The first-order valence-corrected chi connectivity index (χ1v) is 40.8. The van der Waals surface area contributed by atoms with E-state index in [1.807, 2.05) is 54.6 Å². The van der Waals surface area contributed by atoms with Crippen LogP contribution in [0.3, 0.4) is 0 Å². The maximum Gasteiger partial charge on any atom is 2.00 e. The third kappa shape index (κ3) is 11.4. The van der Waals surface area contributed by atoms with Crippen molar-refractivity contribution in [2.24, 2.45) is 0 Å². The Morgan fingerprint density at radius 1 is 0.489 bits per heavy atom. The fourth-order valence-corrected chi connectivity index (χ4v) is 50.5. The van der Waals surface area contributed by atoms with Crippen molar-refractivity contribution >= 4 is 67.4 Å². The van der Waals surface area contributed by atoms with Gasteiger partial charge in [-0.3, -0.25) is 0 Å². The molecule has 0 unspecified atom stereocenters. The second-order valence-corrected chi connectivity index (χ2v) is 56.4. The summed E-state index contributed by atoms with van der Waals surface area (Å²) in [5.74, 6) is 0. The zero-order valence-corrected chi connectivity index (χ0v) is 41.4. The minimum Gasteiger partial charge on any atom is -0.412 e. The van der Waals surface area contributed by atoms with Crippen LogP contribution in [-0.2, 0) is 17.1 Å². The Morgan fingerprint density at radius 3 is 1.02 bits per heavy atom. The molecular formula is C37H70FeO2Si7. The van der Waals surface area contributed by atoms with Crippen LogP contribution in [0.1, 0.15) is 32.2 Å². The SMILES string of the molecule is C[Si](C)(C)C(c1cc(C([Si](C)(C)C)[Si](C)(C)C)c([Si](O)(O)[c-]2cccc2)c(C([Si](C)(C)C)[Si](C)(C)C)c1)[Si](C)(C)C.[Fe+2].c1cc[cH-]c1. The van der Waals surface area contributed by atoms with Gasteiger partial charge in [0.05, 0.1) is 0 Å². The van der Waals surface area contributed by atoms with Crippen LogP contribution < -0.4 is 10.4 Å². The second-order valence-electron chi connectivity index (χ2n) is 20.4. The molecule has 0 aromatic heterocycles. The molecule has 0 radical (unpaired) electrons. The van der Waals surface area contributed by atoms with Crippen LogP contribution in [0.4, 0.5) is 0 Å². The van der Waals surface area contributed by atoms with Gasteiger partial charge in [0.15, 0.2) is 0 Å². The van der Waals surface area contributed by atoms with Crippen LogP contribution in [-0.4, -0.2) is 66.6 Å². The molecule has 0 aliphatic heterocycles. The van der Waals surface area contributed by atoms with Crippen LogP contribution in [0.15, 0.2) is 66.7 Å². The van der Waals surface area contributed by atoms with Gasteiger partial charge in [-0.15, -0.1) is 5.19 Å².